The molecule has 1 aliphatic rings. The number of ether oxygens (including phenoxy) is 1. The Morgan fingerprint density at radius 1 is 1.41 bits per heavy atom. The zero-order valence-electron chi connectivity index (χ0n) is 12.5. The third-order valence-corrected chi connectivity index (χ3v) is 4.27. The zero-order chi connectivity index (χ0) is 16.2. The molecule has 22 heavy (non-hydrogen) atoms. The van der Waals surface area contributed by atoms with Gasteiger partial charge >= 0.3 is 5.97 Å². The SMILES string of the molecule is CCC(Oc1ccccc1Cl)C(=O)NC1(CC(=O)O)CCC1. The Morgan fingerprint density at radius 3 is 2.59 bits per heavy atom. The van der Waals surface area contributed by atoms with Crippen LogP contribution in [-0.2, 0) is 9.59 Å². The van der Waals surface area contributed by atoms with Crippen LogP contribution in [0.2, 0.25) is 5.02 Å². The van der Waals surface area contributed by atoms with Crippen LogP contribution in [0.4, 0.5) is 0 Å². The van der Waals surface area contributed by atoms with Crippen molar-refractivity contribution in [1.82, 2.24) is 5.32 Å². The number of carbonyl (C=O) groups excluding carboxylic acids is 1. The number of benzene rings is 1. The molecule has 2 rings (SSSR count). The van der Waals surface area contributed by atoms with Crippen molar-refractivity contribution < 1.29 is 19.4 Å². The van der Waals surface area contributed by atoms with Gasteiger partial charge in [-0.1, -0.05) is 30.7 Å². The molecule has 5 nitrogen and oxygen atoms in total. The highest BCUT2D eigenvalue weighted by atomic mass is 35.5. The van der Waals surface area contributed by atoms with Crippen LogP contribution < -0.4 is 10.1 Å². The minimum Gasteiger partial charge on any atom is -0.481 e. The van der Waals surface area contributed by atoms with Crippen LogP contribution in [0, 0.1) is 0 Å². The number of halogens is 1. The van der Waals surface area contributed by atoms with Gasteiger partial charge in [-0.05, 0) is 37.8 Å². The molecule has 1 aliphatic carbocycles. The summed E-state index contributed by atoms with van der Waals surface area (Å²) in [6.07, 6.45) is 2.03. The molecule has 0 aliphatic heterocycles. The van der Waals surface area contributed by atoms with E-state index in [1.807, 2.05) is 6.92 Å². The molecule has 1 saturated carbocycles. The second-order valence-corrected chi connectivity index (χ2v) is 6.05. The van der Waals surface area contributed by atoms with E-state index >= 15 is 0 Å². The van der Waals surface area contributed by atoms with Crippen molar-refractivity contribution in [3.8, 4) is 5.75 Å². The first kappa shape index (κ1) is 16.6. The fourth-order valence-electron chi connectivity index (χ4n) is 2.60. The van der Waals surface area contributed by atoms with Gasteiger partial charge in [0.05, 0.1) is 17.0 Å². The lowest BCUT2D eigenvalue weighted by Gasteiger charge is -2.42. The number of hydrogen-bond acceptors (Lipinski definition) is 3. The minimum atomic E-state index is -0.903. The van der Waals surface area contributed by atoms with Gasteiger partial charge in [0, 0.05) is 0 Å². The molecule has 0 bridgehead atoms. The minimum absolute atomic E-state index is 0.0543. The van der Waals surface area contributed by atoms with Gasteiger partial charge in [0.15, 0.2) is 6.10 Å². The number of hydrogen-bond donors (Lipinski definition) is 2. The average molecular weight is 326 g/mol. The van der Waals surface area contributed by atoms with Crippen molar-refractivity contribution in [2.45, 2.75) is 50.7 Å². The van der Waals surface area contributed by atoms with E-state index in [0.717, 1.165) is 6.42 Å². The molecule has 1 aromatic rings. The van der Waals surface area contributed by atoms with Gasteiger partial charge in [0.1, 0.15) is 5.75 Å². The Bertz CT molecular complexity index is 557. The topological polar surface area (TPSA) is 75.6 Å². The molecule has 1 fully saturated rings. The zero-order valence-corrected chi connectivity index (χ0v) is 13.2. The molecule has 0 spiro atoms. The predicted octanol–water partition coefficient (Wildman–Crippen LogP) is 3.01. The number of carbonyl (C=O) groups is 2. The summed E-state index contributed by atoms with van der Waals surface area (Å²) >= 11 is 6.04. The standard InChI is InChI=1S/C16H20ClNO4/c1-2-12(22-13-7-4-3-6-11(13)17)15(21)18-16(8-5-9-16)10-14(19)20/h3-4,6-7,12H,2,5,8-10H2,1H3,(H,18,21)(H,19,20). The largest absolute Gasteiger partial charge is 0.481 e. The first-order valence-corrected chi connectivity index (χ1v) is 7.78. The number of carboxylic acids is 1. The second-order valence-electron chi connectivity index (χ2n) is 5.64. The number of para-hydroxylation sites is 1. The van der Waals surface area contributed by atoms with E-state index in [1.165, 1.54) is 0 Å². The van der Waals surface area contributed by atoms with Crippen LogP contribution in [0.3, 0.4) is 0 Å². The second kappa shape index (κ2) is 7.01. The summed E-state index contributed by atoms with van der Waals surface area (Å²) in [6, 6.07) is 6.96. The molecule has 0 radical (unpaired) electrons. The first-order chi connectivity index (χ1) is 10.5. The van der Waals surface area contributed by atoms with E-state index in [0.29, 0.717) is 30.0 Å². The maximum atomic E-state index is 12.4. The molecule has 1 aromatic carbocycles. The smallest absolute Gasteiger partial charge is 0.305 e. The quantitative estimate of drug-likeness (QED) is 0.808. The van der Waals surface area contributed by atoms with Crippen LogP contribution in [0.1, 0.15) is 39.0 Å². The number of nitrogens with one attached hydrogen (secondary N) is 1. The van der Waals surface area contributed by atoms with Gasteiger partial charge in [0.25, 0.3) is 5.91 Å². The molecule has 0 heterocycles. The van der Waals surface area contributed by atoms with Crippen molar-refractivity contribution in [2.75, 3.05) is 0 Å². The van der Waals surface area contributed by atoms with Crippen LogP contribution in [0.25, 0.3) is 0 Å². The summed E-state index contributed by atoms with van der Waals surface area (Å²) in [5.74, 6) is -0.740. The van der Waals surface area contributed by atoms with Crippen LogP contribution in [-0.4, -0.2) is 28.6 Å². The van der Waals surface area contributed by atoms with E-state index in [9.17, 15) is 9.59 Å². The summed E-state index contributed by atoms with van der Waals surface area (Å²) in [4.78, 5) is 23.4. The fraction of sp³-hybridized carbons (Fsp3) is 0.500. The lowest BCUT2D eigenvalue weighted by molar-refractivity contribution is -0.141. The Balaban J connectivity index is 2.03. The van der Waals surface area contributed by atoms with Crippen molar-refractivity contribution in [3.63, 3.8) is 0 Å². The van der Waals surface area contributed by atoms with E-state index in [1.54, 1.807) is 24.3 Å². The normalized spacial score (nSPS) is 17.2. The monoisotopic (exact) mass is 325 g/mol. The Kier molecular flexibility index (Phi) is 5.29. The lowest BCUT2D eigenvalue weighted by Crippen LogP contribution is -2.57. The van der Waals surface area contributed by atoms with E-state index < -0.39 is 17.6 Å². The third kappa shape index (κ3) is 3.91. The Hall–Kier alpha value is -1.75. The highest BCUT2D eigenvalue weighted by Gasteiger charge is 2.41. The Labute approximate surface area is 134 Å². The molecule has 2 N–H and O–H groups in total. The van der Waals surface area contributed by atoms with Gasteiger partial charge in [-0.2, -0.15) is 0 Å². The number of carboxylic acid groups (broad SMARTS) is 1. The predicted molar refractivity (Wildman–Crippen MR) is 83.1 cm³/mol. The van der Waals surface area contributed by atoms with Crippen LogP contribution in [0.15, 0.2) is 24.3 Å². The summed E-state index contributed by atoms with van der Waals surface area (Å²) in [5.41, 5.74) is -0.625. The lowest BCUT2D eigenvalue weighted by atomic mass is 9.74. The van der Waals surface area contributed by atoms with E-state index in [-0.39, 0.29) is 12.3 Å². The van der Waals surface area contributed by atoms with Crippen LogP contribution in [0.5, 0.6) is 5.75 Å². The van der Waals surface area contributed by atoms with Crippen molar-refractivity contribution in [1.29, 1.82) is 0 Å². The molecule has 120 valence electrons. The number of aliphatic carboxylic acids is 1. The molecule has 1 unspecified atom stereocenters. The molecule has 0 aromatic heterocycles. The fourth-order valence-corrected chi connectivity index (χ4v) is 2.78. The summed E-state index contributed by atoms with van der Waals surface area (Å²) < 4.78 is 5.68. The molecular formula is C16H20ClNO4. The third-order valence-electron chi connectivity index (χ3n) is 3.96. The molecule has 6 heteroatoms. The molecule has 1 atom stereocenters. The van der Waals surface area contributed by atoms with Gasteiger partial charge in [-0.15, -0.1) is 0 Å². The van der Waals surface area contributed by atoms with Crippen molar-refractivity contribution in [2.24, 2.45) is 0 Å². The highest BCUT2D eigenvalue weighted by molar-refractivity contribution is 6.32. The van der Waals surface area contributed by atoms with Crippen molar-refractivity contribution >= 4 is 23.5 Å². The van der Waals surface area contributed by atoms with Crippen LogP contribution >= 0.6 is 11.6 Å². The van der Waals surface area contributed by atoms with E-state index in [2.05, 4.69) is 5.32 Å². The highest BCUT2D eigenvalue weighted by Crippen LogP contribution is 2.35. The molecule has 1 amide bonds. The summed E-state index contributed by atoms with van der Waals surface area (Å²) in [7, 11) is 0. The molecule has 0 saturated heterocycles. The Morgan fingerprint density at radius 2 is 2.09 bits per heavy atom. The maximum Gasteiger partial charge on any atom is 0.305 e. The van der Waals surface area contributed by atoms with Gasteiger partial charge in [-0.3, -0.25) is 9.59 Å². The average Bonchev–Trinajstić information content (AvgIpc) is 2.43. The van der Waals surface area contributed by atoms with Gasteiger partial charge in [0.2, 0.25) is 0 Å². The maximum absolute atomic E-state index is 12.4. The van der Waals surface area contributed by atoms with E-state index in [4.69, 9.17) is 21.4 Å². The number of amides is 1. The first-order valence-electron chi connectivity index (χ1n) is 7.41. The van der Waals surface area contributed by atoms with Gasteiger partial charge in [-0.25, -0.2) is 0 Å². The van der Waals surface area contributed by atoms with Gasteiger partial charge < -0.3 is 15.2 Å². The molecular weight excluding hydrogens is 306 g/mol. The summed E-state index contributed by atoms with van der Waals surface area (Å²) in [6.45, 7) is 1.84. The number of rotatable bonds is 7. The van der Waals surface area contributed by atoms with Crippen molar-refractivity contribution in [3.05, 3.63) is 29.3 Å². The summed E-state index contributed by atoms with van der Waals surface area (Å²) in [5, 5.41) is 12.3.